The summed E-state index contributed by atoms with van der Waals surface area (Å²) in [4.78, 5) is 38.5. The Kier molecular flexibility index (Phi) is 5.68. The number of hydrogen-bond donors (Lipinski definition) is 1. The van der Waals surface area contributed by atoms with Crippen LogP contribution in [-0.4, -0.2) is 31.4 Å². The summed E-state index contributed by atoms with van der Waals surface area (Å²) in [5, 5.41) is 3.23. The number of dihydropyridines is 1. The van der Waals surface area contributed by atoms with E-state index in [4.69, 9.17) is 9.47 Å². The average Bonchev–Trinajstić information content (AvgIpc) is 2.67. The lowest BCUT2D eigenvalue weighted by Crippen LogP contribution is -2.43. The standard InChI is InChI=1S/C22H25NO5/c1-5-28-22(26)17-13(3)23-15-11-12(2)16(21(25)27-4)20(24)19(15)18(17)14-9-7-6-8-10-14/h6-10,12,16,18,23H,5,11H2,1-4H3/t12-,16-,18-/m1/s1. The highest BCUT2D eigenvalue weighted by molar-refractivity contribution is 6.12. The van der Waals surface area contributed by atoms with Gasteiger partial charge in [-0.25, -0.2) is 4.79 Å². The number of ether oxygens (including phenoxy) is 2. The molecule has 6 nitrogen and oxygen atoms in total. The molecule has 1 aliphatic carbocycles. The third-order valence-corrected chi connectivity index (χ3v) is 5.37. The van der Waals surface area contributed by atoms with Gasteiger partial charge in [0.1, 0.15) is 5.92 Å². The molecule has 1 aromatic rings. The van der Waals surface area contributed by atoms with Crippen molar-refractivity contribution in [1.29, 1.82) is 0 Å². The predicted octanol–water partition coefficient (Wildman–Crippen LogP) is 2.86. The van der Waals surface area contributed by atoms with Crippen LogP contribution in [0.2, 0.25) is 0 Å². The number of nitrogens with one attached hydrogen (secondary N) is 1. The minimum Gasteiger partial charge on any atom is -0.468 e. The van der Waals surface area contributed by atoms with Gasteiger partial charge in [0.25, 0.3) is 0 Å². The van der Waals surface area contributed by atoms with Crippen molar-refractivity contribution in [3.8, 4) is 0 Å². The molecule has 0 bridgehead atoms. The van der Waals surface area contributed by atoms with Gasteiger partial charge in [0, 0.05) is 22.9 Å². The van der Waals surface area contributed by atoms with Crippen LogP contribution in [0.1, 0.15) is 38.7 Å². The molecule has 2 aliphatic rings. The minimum absolute atomic E-state index is 0.195. The third-order valence-electron chi connectivity index (χ3n) is 5.37. The second-order valence-corrected chi connectivity index (χ2v) is 7.17. The Labute approximate surface area is 164 Å². The van der Waals surface area contributed by atoms with Crippen LogP contribution in [0.5, 0.6) is 0 Å². The molecular weight excluding hydrogens is 358 g/mol. The molecule has 0 fully saturated rings. The van der Waals surface area contributed by atoms with E-state index in [9.17, 15) is 14.4 Å². The number of esters is 2. The first kappa shape index (κ1) is 19.9. The zero-order valence-electron chi connectivity index (χ0n) is 16.6. The fourth-order valence-electron chi connectivity index (χ4n) is 4.14. The summed E-state index contributed by atoms with van der Waals surface area (Å²) in [5.41, 5.74) is 3.09. The van der Waals surface area contributed by atoms with Crippen molar-refractivity contribution in [2.24, 2.45) is 11.8 Å². The molecule has 3 rings (SSSR count). The lowest BCUT2D eigenvalue weighted by Gasteiger charge is -2.38. The Morgan fingerprint density at radius 1 is 1.21 bits per heavy atom. The molecule has 0 saturated carbocycles. The molecule has 0 saturated heterocycles. The third kappa shape index (κ3) is 3.35. The summed E-state index contributed by atoms with van der Waals surface area (Å²) < 4.78 is 10.2. The Bertz CT molecular complexity index is 868. The second-order valence-electron chi connectivity index (χ2n) is 7.17. The first-order chi connectivity index (χ1) is 13.4. The molecule has 148 valence electrons. The summed E-state index contributed by atoms with van der Waals surface area (Å²) in [6.45, 7) is 5.65. The number of methoxy groups -OCH3 is 1. The van der Waals surface area contributed by atoms with Crippen LogP contribution in [0.3, 0.4) is 0 Å². The summed E-state index contributed by atoms with van der Waals surface area (Å²) >= 11 is 0. The number of allylic oxidation sites excluding steroid dienone is 3. The topological polar surface area (TPSA) is 81.7 Å². The van der Waals surface area contributed by atoms with E-state index in [2.05, 4.69) is 5.32 Å². The van der Waals surface area contributed by atoms with Crippen LogP contribution in [0.15, 0.2) is 52.9 Å². The van der Waals surface area contributed by atoms with Crippen LogP contribution in [0, 0.1) is 11.8 Å². The summed E-state index contributed by atoms with van der Waals surface area (Å²) in [6.07, 6.45) is 0.525. The maximum absolute atomic E-state index is 13.4. The number of benzene rings is 1. The Hall–Kier alpha value is -2.89. The highest BCUT2D eigenvalue weighted by atomic mass is 16.5. The highest BCUT2D eigenvalue weighted by Crippen LogP contribution is 2.45. The van der Waals surface area contributed by atoms with Gasteiger partial charge in [-0.3, -0.25) is 9.59 Å². The van der Waals surface area contributed by atoms with Crippen molar-refractivity contribution in [2.75, 3.05) is 13.7 Å². The van der Waals surface area contributed by atoms with E-state index in [1.807, 2.05) is 44.2 Å². The van der Waals surface area contributed by atoms with Gasteiger partial charge < -0.3 is 14.8 Å². The number of rotatable bonds is 4. The Morgan fingerprint density at radius 3 is 2.50 bits per heavy atom. The fraction of sp³-hybridized carbons (Fsp3) is 0.409. The Balaban J connectivity index is 2.17. The molecule has 0 spiro atoms. The van der Waals surface area contributed by atoms with Crippen molar-refractivity contribution in [3.63, 3.8) is 0 Å². The minimum atomic E-state index is -0.876. The van der Waals surface area contributed by atoms with E-state index in [1.165, 1.54) is 7.11 Å². The maximum atomic E-state index is 13.4. The molecule has 1 aromatic carbocycles. The largest absolute Gasteiger partial charge is 0.468 e. The van der Waals surface area contributed by atoms with Crippen molar-refractivity contribution in [1.82, 2.24) is 5.32 Å². The average molecular weight is 383 g/mol. The zero-order valence-corrected chi connectivity index (χ0v) is 16.6. The number of ketones is 1. The van der Waals surface area contributed by atoms with Gasteiger partial charge in [-0.1, -0.05) is 37.3 Å². The highest BCUT2D eigenvalue weighted by Gasteiger charge is 2.47. The number of carbonyl (C=O) groups excluding carboxylic acids is 3. The molecule has 1 heterocycles. The van der Waals surface area contributed by atoms with Gasteiger partial charge in [0.05, 0.1) is 19.3 Å². The number of hydrogen-bond acceptors (Lipinski definition) is 6. The molecule has 3 atom stereocenters. The lowest BCUT2D eigenvalue weighted by molar-refractivity contribution is -0.151. The van der Waals surface area contributed by atoms with E-state index in [1.54, 1.807) is 6.92 Å². The molecule has 0 amide bonds. The molecule has 1 aliphatic heterocycles. The number of carbonyl (C=O) groups is 3. The quantitative estimate of drug-likeness (QED) is 0.636. The zero-order chi connectivity index (χ0) is 20.4. The summed E-state index contributed by atoms with van der Waals surface area (Å²) in [6, 6.07) is 9.37. The molecule has 0 radical (unpaired) electrons. The maximum Gasteiger partial charge on any atom is 0.336 e. The normalized spacial score (nSPS) is 24.4. The van der Waals surface area contributed by atoms with Crippen molar-refractivity contribution >= 4 is 17.7 Å². The molecule has 28 heavy (non-hydrogen) atoms. The second kappa shape index (κ2) is 8.00. The van der Waals surface area contributed by atoms with E-state index in [0.717, 1.165) is 11.3 Å². The summed E-state index contributed by atoms with van der Waals surface area (Å²) in [7, 11) is 1.29. The Morgan fingerprint density at radius 2 is 1.89 bits per heavy atom. The molecular formula is C22H25NO5. The van der Waals surface area contributed by atoms with Gasteiger partial charge in [-0.15, -0.1) is 0 Å². The van der Waals surface area contributed by atoms with Gasteiger partial charge in [0.2, 0.25) is 0 Å². The first-order valence-corrected chi connectivity index (χ1v) is 9.45. The van der Waals surface area contributed by atoms with Gasteiger partial charge in [-0.05, 0) is 31.7 Å². The van der Waals surface area contributed by atoms with Gasteiger partial charge in [-0.2, -0.15) is 0 Å². The first-order valence-electron chi connectivity index (χ1n) is 9.45. The van der Waals surface area contributed by atoms with Crippen molar-refractivity contribution in [2.45, 2.75) is 33.1 Å². The molecule has 6 heteroatoms. The number of Topliss-reactive ketones (excluding diaryl/α,β-unsaturated/α-hetero) is 1. The van der Waals surface area contributed by atoms with Crippen molar-refractivity contribution < 1.29 is 23.9 Å². The molecule has 1 N–H and O–H groups in total. The predicted molar refractivity (Wildman–Crippen MR) is 103 cm³/mol. The van der Waals surface area contributed by atoms with Crippen LogP contribution in [0.4, 0.5) is 0 Å². The van der Waals surface area contributed by atoms with Crippen LogP contribution in [-0.2, 0) is 23.9 Å². The van der Waals surface area contributed by atoms with Gasteiger partial charge in [0.15, 0.2) is 5.78 Å². The van der Waals surface area contributed by atoms with Crippen molar-refractivity contribution in [3.05, 3.63) is 58.4 Å². The van der Waals surface area contributed by atoms with Gasteiger partial charge >= 0.3 is 11.9 Å². The molecule has 0 aromatic heterocycles. The molecule has 0 unspecified atom stereocenters. The summed E-state index contributed by atoms with van der Waals surface area (Å²) in [5.74, 6) is -2.95. The lowest BCUT2D eigenvalue weighted by atomic mass is 9.69. The monoisotopic (exact) mass is 383 g/mol. The fourth-order valence-corrected chi connectivity index (χ4v) is 4.14. The van der Waals surface area contributed by atoms with E-state index < -0.39 is 23.8 Å². The van der Waals surface area contributed by atoms with Crippen LogP contribution in [0.25, 0.3) is 0 Å². The van der Waals surface area contributed by atoms with Crippen LogP contribution < -0.4 is 5.32 Å². The smallest absolute Gasteiger partial charge is 0.336 e. The van der Waals surface area contributed by atoms with E-state index in [0.29, 0.717) is 23.3 Å². The van der Waals surface area contributed by atoms with Crippen LogP contribution >= 0.6 is 0 Å². The van der Waals surface area contributed by atoms with E-state index >= 15 is 0 Å². The van der Waals surface area contributed by atoms with E-state index in [-0.39, 0.29) is 18.3 Å². The SMILES string of the molecule is CCOC(=O)C1=C(C)NC2=C(C(=O)[C@H](C(=O)OC)[C@H](C)C2)[C@@H]1c1ccccc1.